The van der Waals surface area contributed by atoms with E-state index in [-0.39, 0.29) is 48.7 Å². The highest BCUT2D eigenvalue weighted by molar-refractivity contribution is 7.90. The highest BCUT2D eigenvalue weighted by atomic mass is 35.5. The fraction of sp³-hybridized carbons (Fsp3) is 0.333. The van der Waals surface area contributed by atoms with Gasteiger partial charge in [-0.05, 0) is 12.1 Å². The zero-order valence-corrected chi connectivity index (χ0v) is 12.1. The van der Waals surface area contributed by atoms with Crippen LogP contribution in [-0.4, -0.2) is 32.1 Å². The Morgan fingerprint density at radius 2 is 2.00 bits per heavy atom. The number of nitrogens with zero attached hydrogens (tertiary/aromatic N) is 1. The van der Waals surface area contributed by atoms with Crippen molar-refractivity contribution in [2.75, 3.05) is 18.1 Å². The number of sulfone groups is 1. The average Bonchev–Trinajstić information content (AvgIpc) is 2.17. The molecule has 0 spiro atoms. The van der Waals surface area contributed by atoms with Crippen LogP contribution in [0.2, 0.25) is 0 Å². The minimum Gasteiger partial charge on any atom is -0.330 e. The van der Waals surface area contributed by atoms with E-state index in [1.807, 2.05) is 0 Å². The maximum absolute atomic E-state index is 11.2. The van der Waals surface area contributed by atoms with E-state index in [4.69, 9.17) is 5.73 Å². The summed E-state index contributed by atoms with van der Waals surface area (Å²) in [5.74, 6) is -0.226. The lowest BCUT2D eigenvalue weighted by Crippen LogP contribution is -2.16. The Kier molecular flexibility index (Phi) is 8.92. The quantitative estimate of drug-likeness (QED) is 0.847. The lowest BCUT2D eigenvalue weighted by atomic mass is 10.3. The third-order valence-corrected chi connectivity index (χ3v) is 2.77. The Morgan fingerprint density at radius 3 is 2.39 bits per heavy atom. The topological polar surface area (TPSA) is 102 Å². The van der Waals surface area contributed by atoms with E-state index in [2.05, 4.69) is 10.3 Å². The first-order valence-corrected chi connectivity index (χ1v) is 6.48. The Hall–Kier alpha value is -0.890. The van der Waals surface area contributed by atoms with Crippen molar-refractivity contribution in [2.24, 2.45) is 5.73 Å². The number of rotatable bonds is 4. The van der Waals surface area contributed by atoms with Crippen LogP contribution in [0.5, 0.6) is 0 Å². The van der Waals surface area contributed by atoms with Gasteiger partial charge in [0.05, 0.1) is 11.9 Å². The van der Waals surface area contributed by atoms with Gasteiger partial charge in [-0.15, -0.1) is 24.8 Å². The van der Waals surface area contributed by atoms with E-state index in [0.29, 0.717) is 5.69 Å². The van der Waals surface area contributed by atoms with Crippen molar-refractivity contribution in [2.45, 2.75) is 11.4 Å². The average molecular weight is 316 g/mol. The molecule has 104 valence electrons. The van der Waals surface area contributed by atoms with E-state index < -0.39 is 9.84 Å². The molecule has 0 fully saturated rings. The van der Waals surface area contributed by atoms with Gasteiger partial charge in [0.2, 0.25) is 5.91 Å². The molecule has 18 heavy (non-hydrogen) atoms. The first-order chi connectivity index (χ1) is 7.43. The minimum atomic E-state index is -3.30. The summed E-state index contributed by atoms with van der Waals surface area (Å²) in [7, 11) is -3.30. The molecule has 6 nitrogen and oxygen atoms in total. The molecule has 0 saturated heterocycles. The van der Waals surface area contributed by atoms with Crippen LogP contribution in [0.3, 0.4) is 0 Å². The number of carbonyl (C=O) groups excluding carboxylic acids is 1. The summed E-state index contributed by atoms with van der Waals surface area (Å²) in [6.45, 7) is 0.265. The Labute approximate surface area is 118 Å². The molecule has 0 unspecified atom stereocenters. The molecule has 0 bridgehead atoms. The van der Waals surface area contributed by atoms with Crippen molar-refractivity contribution in [3.05, 3.63) is 18.3 Å². The highest BCUT2D eigenvalue weighted by Gasteiger charge is 2.08. The number of hydrogen-bond donors (Lipinski definition) is 2. The van der Waals surface area contributed by atoms with Gasteiger partial charge < -0.3 is 11.1 Å². The van der Waals surface area contributed by atoms with E-state index in [1.54, 1.807) is 0 Å². The second-order valence-corrected chi connectivity index (χ2v) is 5.21. The number of nitrogens with one attached hydrogen (secondary N) is 1. The third-order valence-electron chi connectivity index (χ3n) is 1.77. The normalized spacial score (nSPS) is 9.89. The molecule has 0 aromatic carbocycles. The molecule has 1 aromatic heterocycles. The fourth-order valence-electron chi connectivity index (χ4n) is 1.03. The Morgan fingerprint density at radius 1 is 1.39 bits per heavy atom. The van der Waals surface area contributed by atoms with Gasteiger partial charge in [0.1, 0.15) is 0 Å². The third kappa shape index (κ3) is 6.15. The molecule has 3 N–H and O–H groups in total. The number of nitrogens with two attached hydrogens (primary N) is 1. The molecular weight excluding hydrogens is 301 g/mol. The molecule has 0 aliphatic carbocycles. The monoisotopic (exact) mass is 315 g/mol. The van der Waals surface area contributed by atoms with Gasteiger partial charge >= 0.3 is 0 Å². The largest absolute Gasteiger partial charge is 0.330 e. The lowest BCUT2D eigenvalue weighted by molar-refractivity contribution is -0.116. The summed E-state index contributed by atoms with van der Waals surface area (Å²) in [5, 5.41) is 2.52. The van der Waals surface area contributed by atoms with Gasteiger partial charge in [-0.1, -0.05) is 0 Å². The second-order valence-electron chi connectivity index (χ2n) is 3.24. The van der Waals surface area contributed by atoms with E-state index in [0.717, 1.165) is 6.26 Å². The molecule has 1 amide bonds. The molecule has 0 aliphatic heterocycles. The zero-order valence-electron chi connectivity index (χ0n) is 9.62. The molecule has 0 saturated carbocycles. The van der Waals surface area contributed by atoms with Crippen LogP contribution in [0.25, 0.3) is 0 Å². The summed E-state index contributed by atoms with van der Waals surface area (Å²) in [5.41, 5.74) is 5.66. The summed E-state index contributed by atoms with van der Waals surface area (Å²) in [6.07, 6.45) is 2.58. The number of carbonyl (C=O) groups is 1. The number of halogens is 2. The van der Waals surface area contributed by atoms with Crippen LogP contribution in [0.1, 0.15) is 6.42 Å². The van der Waals surface area contributed by atoms with Crippen molar-refractivity contribution in [1.29, 1.82) is 0 Å². The predicted octanol–water partition coefficient (Wildman–Crippen LogP) is 0.616. The molecular formula is C9H15Cl2N3O3S. The van der Waals surface area contributed by atoms with Gasteiger partial charge in [0, 0.05) is 19.2 Å². The minimum absolute atomic E-state index is 0. The Bertz CT molecular complexity index is 476. The maximum atomic E-state index is 11.2. The molecule has 1 heterocycles. The van der Waals surface area contributed by atoms with E-state index >= 15 is 0 Å². The molecule has 1 rings (SSSR count). The van der Waals surface area contributed by atoms with E-state index in [1.165, 1.54) is 18.3 Å². The van der Waals surface area contributed by atoms with Crippen LogP contribution in [0, 0.1) is 0 Å². The number of hydrogen-bond acceptors (Lipinski definition) is 5. The van der Waals surface area contributed by atoms with Gasteiger partial charge in [-0.3, -0.25) is 4.79 Å². The standard InChI is InChI=1S/C9H13N3O3S.2ClH/c1-16(14,15)9-3-2-7(6-11-9)12-8(13)4-5-10;;/h2-3,6H,4-5,10H2,1H3,(H,12,13);2*1H. The van der Waals surface area contributed by atoms with Crippen molar-refractivity contribution in [1.82, 2.24) is 4.98 Å². The van der Waals surface area contributed by atoms with Crippen LogP contribution < -0.4 is 11.1 Å². The summed E-state index contributed by atoms with van der Waals surface area (Å²) in [4.78, 5) is 14.9. The molecule has 0 aliphatic rings. The smallest absolute Gasteiger partial charge is 0.225 e. The molecule has 9 heteroatoms. The van der Waals surface area contributed by atoms with Crippen molar-refractivity contribution >= 4 is 46.2 Å². The number of anilines is 1. The lowest BCUT2D eigenvalue weighted by Gasteiger charge is -2.04. The second kappa shape index (κ2) is 8.25. The van der Waals surface area contributed by atoms with Gasteiger partial charge in [-0.25, -0.2) is 13.4 Å². The Balaban J connectivity index is 0. The van der Waals surface area contributed by atoms with Gasteiger partial charge in [-0.2, -0.15) is 0 Å². The summed E-state index contributed by atoms with van der Waals surface area (Å²) >= 11 is 0. The zero-order chi connectivity index (χ0) is 12.2. The van der Waals surface area contributed by atoms with Crippen LogP contribution in [0.15, 0.2) is 23.4 Å². The number of aromatic nitrogens is 1. The van der Waals surface area contributed by atoms with Crippen LogP contribution in [0.4, 0.5) is 5.69 Å². The molecule has 0 radical (unpaired) electrons. The first kappa shape index (κ1) is 19.4. The molecule has 1 aromatic rings. The van der Waals surface area contributed by atoms with Crippen molar-refractivity contribution < 1.29 is 13.2 Å². The van der Waals surface area contributed by atoms with Crippen LogP contribution in [-0.2, 0) is 14.6 Å². The SMILES string of the molecule is CS(=O)(=O)c1ccc(NC(=O)CCN)cn1.Cl.Cl. The van der Waals surface area contributed by atoms with E-state index in [9.17, 15) is 13.2 Å². The number of pyridine rings is 1. The van der Waals surface area contributed by atoms with Gasteiger partial charge in [0.15, 0.2) is 14.9 Å². The highest BCUT2D eigenvalue weighted by Crippen LogP contribution is 2.10. The summed E-state index contributed by atoms with van der Waals surface area (Å²) in [6, 6.07) is 2.82. The van der Waals surface area contributed by atoms with Crippen LogP contribution >= 0.6 is 24.8 Å². The predicted molar refractivity (Wildman–Crippen MR) is 74.1 cm³/mol. The molecule has 0 atom stereocenters. The van der Waals surface area contributed by atoms with Crippen molar-refractivity contribution in [3.8, 4) is 0 Å². The van der Waals surface area contributed by atoms with Gasteiger partial charge in [0.25, 0.3) is 0 Å². The number of amides is 1. The maximum Gasteiger partial charge on any atom is 0.225 e. The first-order valence-electron chi connectivity index (χ1n) is 4.59. The fourth-order valence-corrected chi connectivity index (χ4v) is 1.59. The summed E-state index contributed by atoms with van der Waals surface area (Å²) < 4.78 is 22.2. The van der Waals surface area contributed by atoms with Crippen molar-refractivity contribution in [3.63, 3.8) is 0 Å².